The van der Waals surface area contributed by atoms with Crippen molar-refractivity contribution in [3.63, 3.8) is 0 Å². The molecule has 1 aromatic heterocycles. The quantitative estimate of drug-likeness (QED) is 0.278. The Hall–Kier alpha value is -3.73. The minimum atomic E-state index is -3.82. The van der Waals surface area contributed by atoms with Gasteiger partial charge in [0.1, 0.15) is 17.3 Å². The van der Waals surface area contributed by atoms with E-state index in [0.717, 1.165) is 0 Å². The molecule has 3 rings (SSSR count). The molecule has 1 heterocycles. The molecule has 11 nitrogen and oxygen atoms in total. The average Bonchev–Trinajstić information content (AvgIpc) is 2.92. The molecule has 13 heteroatoms. The molecular weight excluding hydrogens is 520 g/mol. The van der Waals surface area contributed by atoms with Gasteiger partial charge >= 0.3 is 13.6 Å². The Balaban J connectivity index is 1.66. The summed E-state index contributed by atoms with van der Waals surface area (Å²) < 4.78 is 59.1. The van der Waals surface area contributed by atoms with E-state index < -0.39 is 31.7 Å². The molecule has 3 aromatic rings. The summed E-state index contributed by atoms with van der Waals surface area (Å²) in [6, 6.07) is 13.1. The van der Waals surface area contributed by atoms with Gasteiger partial charge in [0, 0.05) is 0 Å². The molecule has 1 N–H and O–H groups in total. The predicted molar refractivity (Wildman–Crippen MR) is 135 cm³/mol. The number of hydrogen-bond donors (Lipinski definition) is 1. The number of ether oxygens (including phenoxy) is 4. The van der Waals surface area contributed by atoms with Crippen molar-refractivity contribution in [1.82, 2.24) is 15.3 Å². The molecule has 0 saturated heterocycles. The van der Waals surface area contributed by atoms with Crippen molar-refractivity contribution in [1.29, 1.82) is 0 Å². The number of amides is 1. The minimum Gasteiger partial charge on any atom is -0.484 e. The van der Waals surface area contributed by atoms with E-state index in [1.165, 1.54) is 44.6 Å². The zero-order chi connectivity index (χ0) is 27.5. The third kappa shape index (κ3) is 7.88. The zero-order valence-corrected chi connectivity index (χ0v) is 22.3. The summed E-state index contributed by atoms with van der Waals surface area (Å²) in [5.74, 6) is -0.902. The summed E-state index contributed by atoms with van der Waals surface area (Å²) in [6.07, 6.45) is 0. The van der Waals surface area contributed by atoms with Gasteiger partial charge in [0.2, 0.25) is 11.8 Å². The standard InChI is InChI=1S/C25H29FN3O8P/c1-5-35-38(31,36-6-2)24(17-7-9-18(26)10-8-17)27-21(30)16-34-19-11-13-20(14-12-19)37-25-28-22(32-3)15-23(29-25)33-4/h7-15,24H,5-6,16H2,1-4H3,(H,27,30). The Labute approximate surface area is 219 Å². The van der Waals surface area contributed by atoms with Gasteiger partial charge in [-0.25, -0.2) is 4.39 Å². The third-order valence-electron chi connectivity index (χ3n) is 4.90. The molecule has 204 valence electrons. The van der Waals surface area contributed by atoms with Crippen LogP contribution in [0.3, 0.4) is 0 Å². The third-order valence-corrected chi connectivity index (χ3v) is 7.19. The maximum atomic E-state index is 13.5. The predicted octanol–water partition coefficient (Wildman–Crippen LogP) is 4.89. The highest BCUT2D eigenvalue weighted by molar-refractivity contribution is 7.54. The molecular formula is C25H29FN3O8P. The first-order valence-corrected chi connectivity index (χ1v) is 13.2. The molecule has 0 spiro atoms. The van der Waals surface area contributed by atoms with E-state index >= 15 is 0 Å². The van der Waals surface area contributed by atoms with Crippen molar-refractivity contribution in [2.75, 3.05) is 34.0 Å². The molecule has 0 aliphatic rings. The Morgan fingerprint density at radius 2 is 1.47 bits per heavy atom. The number of nitrogens with zero attached hydrogens (tertiary/aromatic N) is 2. The van der Waals surface area contributed by atoms with Crippen LogP contribution >= 0.6 is 7.60 Å². The maximum Gasteiger partial charge on any atom is 0.357 e. The summed E-state index contributed by atoms with van der Waals surface area (Å²) in [6.45, 7) is 3.09. The van der Waals surface area contributed by atoms with Crippen LogP contribution in [0.1, 0.15) is 25.2 Å². The van der Waals surface area contributed by atoms with Crippen molar-refractivity contribution in [2.45, 2.75) is 19.6 Å². The number of carbonyl (C=O) groups excluding carboxylic acids is 1. The maximum absolute atomic E-state index is 13.5. The van der Waals surface area contributed by atoms with Crippen molar-refractivity contribution >= 4 is 13.5 Å². The highest BCUT2D eigenvalue weighted by Gasteiger charge is 2.38. The van der Waals surface area contributed by atoms with E-state index in [2.05, 4.69) is 15.3 Å². The first kappa shape index (κ1) is 28.8. The van der Waals surface area contributed by atoms with Crippen LogP contribution in [0.25, 0.3) is 0 Å². The lowest BCUT2D eigenvalue weighted by molar-refractivity contribution is -0.123. The summed E-state index contributed by atoms with van der Waals surface area (Å²) in [5.41, 5.74) is 0.364. The molecule has 0 saturated carbocycles. The van der Waals surface area contributed by atoms with Crippen LogP contribution in [0.15, 0.2) is 54.6 Å². The summed E-state index contributed by atoms with van der Waals surface area (Å²) in [7, 11) is -0.903. The Morgan fingerprint density at radius 1 is 0.921 bits per heavy atom. The van der Waals surface area contributed by atoms with Gasteiger partial charge < -0.3 is 33.3 Å². The van der Waals surface area contributed by atoms with Crippen molar-refractivity contribution in [3.8, 4) is 29.3 Å². The summed E-state index contributed by atoms with van der Waals surface area (Å²) in [5, 5.41) is 2.63. The fourth-order valence-electron chi connectivity index (χ4n) is 3.23. The molecule has 38 heavy (non-hydrogen) atoms. The highest BCUT2D eigenvalue weighted by Crippen LogP contribution is 2.59. The molecule has 0 fully saturated rings. The van der Waals surface area contributed by atoms with Gasteiger partial charge in [0.15, 0.2) is 12.4 Å². The smallest absolute Gasteiger partial charge is 0.357 e. The van der Waals surface area contributed by atoms with Gasteiger partial charge in [0.25, 0.3) is 5.91 Å². The van der Waals surface area contributed by atoms with Crippen molar-refractivity contribution in [2.24, 2.45) is 0 Å². The second-order valence-electron chi connectivity index (χ2n) is 7.49. The molecule has 1 atom stereocenters. The summed E-state index contributed by atoms with van der Waals surface area (Å²) in [4.78, 5) is 20.9. The van der Waals surface area contributed by atoms with E-state index in [4.69, 9.17) is 28.0 Å². The molecule has 0 radical (unpaired) electrons. The van der Waals surface area contributed by atoms with Crippen LogP contribution in [0.5, 0.6) is 29.3 Å². The lowest BCUT2D eigenvalue weighted by atomic mass is 10.2. The van der Waals surface area contributed by atoms with E-state index in [1.807, 2.05) is 0 Å². The van der Waals surface area contributed by atoms with Crippen LogP contribution in [0, 0.1) is 5.82 Å². The van der Waals surface area contributed by atoms with Crippen LogP contribution < -0.4 is 24.3 Å². The topological polar surface area (TPSA) is 127 Å². The van der Waals surface area contributed by atoms with E-state index in [9.17, 15) is 13.8 Å². The number of methoxy groups -OCH3 is 2. The van der Waals surface area contributed by atoms with E-state index in [1.54, 1.807) is 38.1 Å². The van der Waals surface area contributed by atoms with Crippen LogP contribution in [0.4, 0.5) is 4.39 Å². The molecule has 0 aliphatic carbocycles. The molecule has 1 amide bonds. The van der Waals surface area contributed by atoms with E-state index in [-0.39, 0.29) is 31.0 Å². The van der Waals surface area contributed by atoms with Crippen molar-refractivity contribution < 1.29 is 41.7 Å². The first-order valence-electron chi connectivity index (χ1n) is 11.6. The monoisotopic (exact) mass is 549 g/mol. The van der Waals surface area contributed by atoms with Gasteiger partial charge in [-0.05, 0) is 55.8 Å². The minimum absolute atomic E-state index is 0.0223. The molecule has 0 aliphatic heterocycles. The van der Waals surface area contributed by atoms with Crippen molar-refractivity contribution in [3.05, 3.63) is 66.0 Å². The van der Waals surface area contributed by atoms with E-state index in [0.29, 0.717) is 17.1 Å². The molecule has 1 unspecified atom stereocenters. The lowest BCUT2D eigenvalue weighted by Gasteiger charge is -2.27. The number of aromatic nitrogens is 2. The number of benzene rings is 2. The number of halogens is 1. The lowest BCUT2D eigenvalue weighted by Crippen LogP contribution is -2.33. The number of nitrogens with one attached hydrogen (secondary N) is 1. The van der Waals surface area contributed by atoms with Crippen LogP contribution in [-0.4, -0.2) is 49.9 Å². The number of rotatable bonds is 14. The normalized spacial score (nSPS) is 11.9. The fraction of sp³-hybridized carbons (Fsp3) is 0.320. The zero-order valence-electron chi connectivity index (χ0n) is 21.4. The molecule has 0 bridgehead atoms. The van der Waals surface area contributed by atoms with Gasteiger partial charge in [-0.1, -0.05) is 12.1 Å². The van der Waals surface area contributed by atoms with Crippen LogP contribution in [-0.2, 0) is 18.4 Å². The highest BCUT2D eigenvalue weighted by atomic mass is 31.2. The Morgan fingerprint density at radius 3 is 2.00 bits per heavy atom. The molecule has 2 aromatic carbocycles. The second-order valence-corrected chi connectivity index (χ2v) is 9.61. The average molecular weight is 549 g/mol. The fourth-order valence-corrected chi connectivity index (χ4v) is 5.16. The SMILES string of the molecule is CCOP(=O)(OCC)C(NC(=O)COc1ccc(Oc2nc(OC)cc(OC)n2)cc1)c1ccc(F)cc1. The van der Waals surface area contributed by atoms with Gasteiger partial charge in [0.05, 0.1) is 33.5 Å². The van der Waals surface area contributed by atoms with Gasteiger partial charge in [-0.15, -0.1) is 0 Å². The van der Waals surface area contributed by atoms with Gasteiger partial charge in [-0.3, -0.25) is 9.36 Å². The Kier molecular flexibility index (Phi) is 10.4. The van der Waals surface area contributed by atoms with Gasteiger partial charge in [-0.2, -0.15) is 9.97 Å². The summed E-state index contributed by atoms with van der Waals surface area (Å²) >= 11 is 0. The Bertz CT molecular complexity index is 1210. The van der Waals surface area contributed by atoms with Crippen LogP contribution in [0.2, 0.25) is 0 Å². The largest absolute Gasteiger partial charge is 0.484 e. The number of hydrogen-bond acceptors (Lipinski definition) is 10. The second kappa shape index (κ2) is 13.7. The number of carbonyl (C=O) groups is 1. The first-order chi connectivity index (χ1) is 18.3.